The van der Waals surface area contributed by atoms with E-state index in [2.05, 4.69) is 15.1 Å². The van der Waals surface area contributed by atoms with Crippen LogP contribution in [0.25, 0.3) is 0 Å². The smallest absolute Gasteiger partial charge is 0.234 e. The maximum Gasteiger partial charge on any atom is 0.234 e. The fraction of sp³-hybridized carbons (Fsp3) is 0.611. The van der Waals surface area contributed by atoms with Gasteiger partial charge < -0.3 is 5.32 Å². The van der Waals surface area contributed by atoms with Gasteiger partial charge in [-0.3, -0.25) is 14.6 Å². The zero-order valence-electron chi connectivity index (χ0n) is 13.6. The highest BCUT2D eigenvalue weighted by molar-refractivity contribution is 6.30. The van der Waals surface area contributed by atoms with E-state index in [9.17, 15) is 4.79 Å². The second-order valence-electron chi connectivity index (χ2n) is 6.68. The fourth-order valence-corrected chi connectivity index (χ4v) is 3.90. The molecule has 3 rings (SSSR count). The van der Waals surface area contributed by atoms with Gasteiger partial charge in [-0.1, -0.05) is 23.7 Å². The van der Waals surface area contributed by atoms with Gasteiger partial charge >= 0.3 is 0 Å². The third kappa shape index (κ3) is 4.93. The Morgan fingerprint density at radius 3 is 2.83 bits per heavy atom. The lowest BCUT2D eigenvalue weighted by Gasteiger charge is -2.37. The van der Waals surface area contributed by atoms with Crippen molar-refractivity contribution in [3.63, 3.8) is 0 Å². The number of halogens is 1. The monoisotopic (exact) mass is 335 g/mol. The van der Waals surface area contributed by atoms with E-state index in [4.69, 9.17) is 11.6 Å². The largest absolute Gasteiger partial charge is 0.351 e. The molecule has 23 heavy (non-hydrogen) atoms. The lowest BCUT2D eigenvalue weighted by atomic mass is 10.0. The number of carbonyl (C=O) groups is 1. The van der Waals surface area contributed by atoms with Gasteiger partial charge in [0.25, 0.3) is 0 Å². The Kier molecular flexibility index (Phi) is 5.92. The second-order valence-corrected chi connectivity index (χ2v) is 7.12. The van der Waals surface area contributed by atoms with E-state index in [0.717, 1.165) is 18.7 Å². The van der Waals surface area contributed by atoms with Crippen molar-refractivity contribution < 1.29 is 4.79 Å². The topological polar surface area (TPSA) is 35.6 Å². The molecule has 0 unspecified atom stereocenters. The molecular formula is C18H26ClN3O. The molecule has 0 bridgehead atoms. The highest BCUT2D eigenvalue weighted by Crippen LogP contribution is 2.20. The van der Waals surface area contributed by atoms with Gasteiger partial charge in [0.1, 0.15) is 0 Å². The van der Waals surface area contributed by atoms with Crippen molar-refractivity contribution in [2.24, 2.45) is 0 Å². The van der Waals surface area contributed by atoms with Crippen LogP contribution >= 0.6 is 11.6 Å². The minimum atomic E-state index is 0.104. The average Bonchev–Trinajstić information content (AvgIpc) is 3.08. The van der Waals surface area contributed by atoms with Crippen LogP contribution < -0.4 is 5.32 Å². The first kappa shape index (κ1) is 16.7. The second kappa shape index (κ2) is 8.13. The minimum Gasteiger partial charge on any atom is -0.351 e. The highest BCUT2D eigenvalue weighted by atomic mass is 35.5. The van der Waals surface area contributed by atoms with E-state index < -0.39 is 0 Å². The molecule has 0 aromatic heterocycles. The summed E-state index contributed by atoms with van der Waals surface area (Å²) in [5.41, 5.74) is 1.04. The number of carbonyl (C=O) groups excluding carboxylic acids is 1. The molecule has 4 nitrogen and oxygen atoms in total. The van der Waals surface area contributed by atoms with Crippen molar-refractivity contribution in [2.75, 3.05) is 32.7 Å². The summed E-state index contributed by atoms with van der Waals surface area (Å²) in [5.74, 6) is 0.104. The number of hydrogen-bond acceptors (Lipinski definition) is 3. The number of hydrogen-bond donors (Lipinski definition) is 1. The molecule has 0 aliphatic carbocycles. The maximum absolute atomic E-state index is 12.2. The van der Waals surface area contributed by atoms with Gasteiger partial charge in [0.15, 0.2) is 0 Å². The van der Waals surface area contributed by atoms with Gasteiger partial charge in [-0.05, 0) is 63.0 Å². The normalized spacial score (nSPS) is 23.1. The summed E-state index contributed by atoms with van der Waals surface area (Å²) in [6, 6.07) is 8.28. The van der Waals surface area contributed by atoms with Crippen LogP contribution in [0.2, 0.25) is 5.02 Å². The SMILES string of the molecule is O=C(CN1CCC[C@H](N2CCCC2)C1)NCc1cccc(Cl)c1. The molecule has 2 aliphatic heterocycles. The number of likely N-dealkylation sites (tertiary alicyclic amines) is 2. The molecule has 1 N–H and O–H groups in total. The molecule has 2 fully saturated rings. The van der Waals surface area contributed by atoms with E-state index in [1.54, 1.807) is 0 Å². The van der Waals surface area contributed by atoms with E-state index in [-0.39, 0.29) is 5.91 Å². The molecule has 1 aromatic rings. The summed E-state index contributed by atoms with van der Waals surface area (Å²) in [7, 11) is 0. The van der Waals surface area contributed by atoms with E-state index in [1.807, 2.05) is 24.3 Å². The van der Waals surface area contributed by atoms with Crippen molar-refractivity contribution in [3.05, 3.63) is 34.9 Å². The van der Waals surface area contributed by atoms with E-state index in [0.29, 0.717) is 24.2 Å². The number of piperidine rings is 1. The number of rotatable bonds is 5. The Morgan fingerprint density at radius 2 is 2.04 bits per heavy atom. The Morgan fingerprint density at radius 1 is 1.22 bits per heavy atom. The quantitative estimate of drug-likeness (QED) is 0.898. The number of benzene rings is 1. The fourth-order valence-electron chi connectivity index (χ4n) is 3.69. The maximum atomic E-state index is 12.2. The zero-order valence-corrected chi connectivity index (χ0v) is 14.4. The van der Waals surface area contributed by atoms with Crippen molar-refractivity contribution in [1.82, 2.24) is 15.1 Å². The van der Waals surface area contributed by atoms with E-state index >= 15 is 0 Å². The summed E-state index contributed by atoms with van der Waals surface area (Å²) in [4.78, 5) is 17.1. The molecule has 5 heteroatoms. The third-order valence-electron chi connectivity index (χ3n) is 4.88. The molecule has 2 saturated heterocycles. The first-order valence-electron chi connectivity index (χ1n) is 8.68. The summed E-state index contributed by atoms with van der Waals surface area (Å²) in [5, 5.41) is 3.71. The first-order chi connectivity index (χ1) is 11.2. The van der Waals surface area contributed by atoms with Crippen LogP contribution in [-0.2, 0) is 11.3 Å². The minimum absolute atomic E-state index is 0.104. The van der Waals surface area contributed by atoms with Crippen molar-refractivity contribution in [3.8, 4) is 0 Å². The molecule has 0 saturated carbocycles. The number of nitrogens with zero attached hydrogens (tertiary/aromatic N) is 2. The zero-order chi connectivity index (χ0) is 16.1. The van der Waals surface area contributed by atoms with Crippen molar-refractivity contribution in [2.45, 2.75) is 38.3 Å². The lowest BCUT2D eigenvalue weighted by Crippen LogP contribution is -2.49. The summed E-state index contributed by atoms with van der Waals surface area (Å²) < 4.78 is 0. The number of amides is 1. The molecule has 0 radical (unpaired) electrons. The van der Waals surface area contributed by atoms with Crippen LogP contribution in [0.4, 0.5) is 0 Å². The molecule has 1 aromatic carbocycles. The molecule has 1 atom stereocenters. The van der Waals surface area contributed by atoms with Crippen LogP contribution in [0.15, 0.2) is 24.3 Å². The predicted molar refractivity (Wildman–Crippen MR) is 93.6 cm³/mol. The van der Waals surface area contributed by atoms with Crippen molar-refractivity contribution >= 4 is 17.5 Å². The Hall–Kier alpha value is -1.10. The van der Waals surface area contributed by atoms with Crippen LogP contribution in [0.1, 0.15) is 31.2 Å². The first-order valence-corrected chi connectivity index (χ1v) is 9.06. The van der Waals surface area contributed by atoms with Gasteiger partial charge in [-0.2, -0.15) is 0 Å². The highest BCUT2D eigenvalue weighted by Gasteiger charge is 2.27. The van der Waals surface area contributed by atoms with Gasteiger partial charge in [0, 0.05) is 24.2 Å². The Balaban J connectivity index is 1.43. The summed E-state index contributed by atoms with van der Waals surface area (Å²) in [6.45, 7) is 5.59. The van der Waals surface area contributed by atoms with Gasteiger partial charge in [-0.15, -0.1) is 0 Å². The molecule has 126 valence electrons. The molecule has 0 spiro atoms. The summed E-state index contributed by atoms with van der Waals surface area (Å²) in [6.07, 6.45) is 5.14. The predicted octanol–water partition coefficient (Wildman–Crippen LogP) is 2.52. The van der Waals surface area contributed by atoms with Crippen LogP contribution in [0, 0.1) is 0 Å². The van der Waals surface area contributed by atoms with Crippen LogP contribution in [0.3, 0.4) is 0 Å². The van der Waals surface area contributed by atoms with E-state index in [1.165, 1.54) is 38.8 Å². The molecular weight excluding hydrogens is 310 g/mol. The Bertz CT molecular complexity index is 531. The Labute approximate surface area is 143 Å². The molecule has 2 heterocycles. The van der Waals surface area contributed by atoms with Gasteiger partial charge in [-0.25, -0.2) is 0 Å². The molecule has 1 amide bonds. The van der Waals surface area contributed by atoms with Crippen LogP contribution in [0.5, 0.6) is 0 Å². The number of nitrogens with one attached hydrogen (secondary N) is 1. The molecule has 2 aliphatic rings. The summed E-state index contributed by atoms with van der Waals surface area (Å²) >= 11 is 5.97. The van der Waals surface area contributed by atoms with Crippen LogP contribution in [-0.4, -0.2) is 54.5 Å². The standard InChI is InChI=1S/C18H26ClN3O/c19-16-6-3-5-15(11-16)12-20-18(23)14-21-8-4-7-17(13-21)22-9-1-2-10-22/h3,5-6,11,17H,1-2,4,7-10,12-14H2,(H,20,23)/t17-/m0/s1. The third-order valence-corrected chi connectivity index (χ3v) is 5.12. The van der Waals surface area contributed by atoms with Gasteiger partial charge in [0.05, 0.1) is 6.54 Å². The van der Waals surface area contributed by atoms with Crippen molar-refractivity contribution in [1.29, 1.82) is 0 Å². The van der Waals surface area contributed by atoms with Gasteiger partial charge in [0.2, 0.25) is 5.91 Å². The lowest BCUT2D eigenvalue weighted by molar-refractivity contribution is -0.122. The average molecular weight is 336 g/mol.